The van der Waals surface area contributed by atoms with Gasteiger partial charge < -0.3 is 0 Å². The first-order chi connectivity index (χ1) is 7.20. The van der Waals surface area contributed by atoms with E-state index in [4.69, 9.17) is 0 Å². The lowest BCUT2D eigenvalue weighted by atomic mass is 9.88. The maximum Gasteiger partial charge on any atom is -0.0230 e. The maximum atomic E-state index is 2.27. The Labute approximate surface area is 102 Å². The molecule has 0 heterocycles. The number of aryl methyl sites for hydroxylation is 1. The zero-order valence-corrected chi connectivity index (χ0v) is 12.1. The molecule has 0 saturated carbocycles. The van der Waals surface area contributed by atoms with Gasteiger partial charge in [-0.05, 0) is 30.2 Å². The first kappa shape index (κ1) is 15.2. The molecule has 0 unspecified atom stereocenters. The highest BCUT2D eigenvalue weighted by molar-refractivity contribution is 5.21. The molecule has 0 amide bonds. The number of benzene rings is 1. The van der Waals surface area contributed by atoms with Crippen molar-refractivity contribution in [3.05, 3.63) is 35.4 Å². The van der Waals surface area contributed by atoms with Crippen LogP contribution in [0.5, 0.6) is 0 Å². The van der Waals surface area contributed by atoms with Gasteiger partial charge in [0.05, 0.1) is 0 Å². The molecule has 0 fully saturated rings. The molecule has 0 aliphatic heterocycles. The monoisotopic (exact) mass is 220 g/mol. The van der Waals surface area contributed by atoms with Gasteiger partial charge in [0.2, 0.25) is 0 Å². The van der Waals surface area contributed by atoms with Gasteiger partial charge in [0.1, 0.15) is 0 Å². The Bertz CT molecular complexity index is 269. The van der Waals surface area contributed by atoms with Crippen molar-refractivity contribution >= 4 is 0 Å². The third-order valence-corrected chi connectivity index (χ3v) is 1.86. The Kier molecular flexibility index (Phi) is 6.40. The normalized spacial score (nSPS) is 11.0. The molecule has 0 aliphatic rings. The van der Waals surface area contributed by atoms with E-state index in [-0.39, 0.29) is 0 Å². The molecule has 0 aliphatic carbocycles. The summed E-state index contributed by atoms with van der Waals surface area (Å²) in [6.45, 7) is 15.4. The van der Waals surface area contributed by atoms with Crippen LogP contribution in [0.3, 0.4) is 0 Å². The summed E-state index contributed by atoms with van der Waals surface area (Å²) in [5.74, 6) is 0.833. The standard InChI is InChI=1S/C12H18.C4H10/c1-10-5-7-11(8-6-10)9-12(2,3)4;1-4(2)3/h5-8H,9H2,1-4H3;4H,1-3H3. The molecular formula is C16H28. The largest absolute Gasteiger partial charge is 0.0630 e. The Balaban J connectivity index is 0.000000487. The third-order valence-electron chi connectivity index (χ3n) is 1.86. The fraction of sp³-hybridized carbons (Fsp3) is 0.625. The summed E-state index contributed by atoms with van der Waals surface area (Å²) in [5.41, 5.74) is 3.18. The summed E-state index contributed by atoms with van der Waals surface area (Å²) in [7, 11) is 0. The molecule has 1 aromatic carbocycles. The van der Waals surface area contributed by atoms with Crippen LogP contribution in [0.2, 0.25) is 0 Å². The molecule has 0 spiro atoms. The van der Waals surface area contributed by atoms with Crippen molar-refractivity contribution in [1.29, 1.82) is 0 Å². The lowest BCUT2D eigenvalue weighted by Gasteiger charge is -2.17. The van der Waals surface area contributed by atoms with Crippen LogP contribution in [-0.4, -0.2) is 0 Å². The SMILES string of the molecule is CC(C)C.Cc1ccc(CC(C)(C)C)cc1. The predicted octanol–water partition coefficient (Wildman–Crippen LogP) is 5.25. The second kappa shape index (κ2) is 6.73. The third kappa shape index (κ3) is 9.76. The van der Waals surface area contributed by atoms with Crippen molar-refractivity contribution in [3.8, 4) is 0 Å². The van der Waals surface area contributed by atoms with Crippen molar-refractivity contribution < 1.29 is 0 Å². The molecule has 1 aromatic rings. The average molecular weight is 220 g/mol. The fourth-order valence-electron chi connectivity index (χ4n) is 1.32. The Hall–Kier alpha value is -0.780. The Morgan fingerprint density at radius 1 is 0.938 bits per heavy atom. The van der Waals surface area contributed by atoms with Crippen LogP contribution < -0.4 is 0 Å². The minimum absolute atomic E-state index is 0.398. The predicted molar refractivity (Wildman–Crippen MR) is 74.9 cm³/mol. The van der Waals surface area contributed by atoms with Crippen LogP contribution in [0.15, 0.2) is 24.3 Å². The summed E-state index contributed by atoms with van der Waals surface area (Å²) in [4.78, 5) is 0. The van der Waals surface area contributed by atoms with Crippen molar-refractivity contribution in [2.24, 2.45) is 11.3 Å². The Morgan fingerprint density at radius 3 is 1.62 bits per heavy atom. The smallest absolute Gasteiger partial charge is 0.0230 e. The van der Waals surface area contributed by atoms with E-state index in [1.54, 1.807) is 0 Å². The topological polar surface area (TPSA) is 0 Å². The quantitative estimate of drug-likeness (QED) is 0.606. The van der Waals surface area contributed by atoms with Gasteiger partial charge in [-0.15, -0.1) is 0 Å². The molecular weight excluding hydrogens is 192 g/mol. The van der Waals surface area contributed by atoms with Gasteiger partial charge in [0, 0.05) is 0 Å². The van der Waals surface area contributed by atoms with Gasteiger partial charge in [-0.3, -0.25) is 0 Å². The maximum absolute atomic E-state index is 2.27. The van der Waals surface area contributed by atoms with Crippen molar-refractivity contribution in [2.45, 2.75) is 54.9 Å². The van der Waals surface area contributed by atoms with E-state index in [1.807, 2.05) is 0 Å². The zero-order valence-electron chi connectivity index (χ0n) is 12.1. The van der Waals surface area contributed by atoms with Gasteiger partial charge in [-0.1, -0.05) is 71.4 Å². The molecule has 0 heteroatoms. The van der Waals surface area contributed by atoms with Gasteiger partial charge in [-0.25, -0.2) is 0 Å². The van der Waals surface area contributed by atoms with Crippen LogP contribution in [0.4, 0.5) is 0 Å². The van der Waals surface area contributed by atoms with Gasteiger partial charge in [0.25, 0.3) is 0 Å². The number of hydrogen-bond donors (Lipinski definition) is 0. The fourth-order valence-corrected chi connectivity index (χ4v) is 1.32. The molecule has 0 N–H and O–H groups in total. The van der Waals surface area contributed by atoms with Crippen molar-refractivity contribution in [2.75, 3.05) is 0 Å². The number of hydrogen-bond acceptors (Lipinski definition) is 0. The van der Waals surface area contributed by atoms with Crippen molar-refractivity contribution in [1.82, 2.24) is 0 Å². The van der Waals surface area contributed by atoms with Crippen LogP contribution in [0.1, 0.15) is 52.7 Å². The first-order valence-corrected chi connectivity index (χ1v) is 6.26. The second-order valence-corrected chi connectivity index (χ2v) is 6.46. The van der Waals surface area contributed by atoms with E-state index >= 15 is 0 Å². The van der Waals surface area contributed by atoms with E-state index in [2.05, 4.69) is 72.7 Å². The Morgan fingerprint density at radius 2 is 1.31 bits per heavy atom. The van der Waals surface area contributed by atoms with E-state index in [9.17, 15) is 0 Å². The lowest BCUT2D eigenvalue weighted by molar-refractivity contribution is 0.411. The molecule has 0 atom stereocenters. The molecule has 0 bridgehead atoms. The van der Waals surface area contributed by atoms with E-state index in [1.165, 1.54) is 11.1 Å². The summed E-state index contributed by atoms with van der Waals surface area (Å²) in [6, 6.07) is 8.81. The first-order valence-electron chi connectivity index (χ1n) is 6.26. The summed E-state index contributed by atoms with van der Waals surface area (Å²) < 4.78 is 0. The van der Waals surface area contributed by atoms with Crippen molar-refractivity contribution in [3.63, 3.8) is 0 Å². The summed E-state index contributed by atoms with van der Waals surface area (Å²) in [6.07, 6.45) is 1.16. The highest BCUT2D eigenvalue weighted by Gasteiger charge is 2.10. The van der Waals surface area contributed by atoms with Gasteiger partial charge >= 0.3 is 0 Å². The number of rotatable bonds is 1. The highest BCUT2D eigenvalue weighted by Crippen LogP contribution is 2.20. The zero-order chi connectivity index (χ0) is 12.8. The van der Waals surface area contributed by atoms with Gasteiger partial charge in [-0.2, -0.15) is 0 Å². The van der Waals surface area contributed by atoms with Crippen LogP contribution in [0, 0.1) is 18.3 Å². The molecule has 16 heavy (non-hydrogen) atoms. The van der Waals surface area contributed by atoms with Crippen LogP contribution >= 0.6 is 0 Å². The highest BCUT2D eigenvalue weighted by atomic mass is 14.2. The van der Waals surface area contributed by atoms with E-state index < -0.39 is 0 Å². The molecule has 92 valence electrons. The summed E-state index contributed by atoms with van der Waals surface area (Å²) in [5, 5.41) is 0. The minimum Gasteiger partial charge on any atom is -0.0630 e. The lowest BCUT2D eigenvalue weighted by Crippen LogP contribution is -2.08. The minimum atomic E-state index is 0.398. The molecule has 0 nitrogen and oxygen atoms in total. The van der Waals surface area contributed by atoms with Gasteiger partial charge in [0.15, 0.2) is 0 Å². The molecule has 0 saturated heterocycles. The average Bonchev–Trinajstić information content (AvgIpc) is 2.05. The molecule has 0 aromatic heterocycles. The van der Waals surface area contributed by atoms with Crippen LogP contribution in [-0.2, 0) is 6.42 Å². The molecule has 0 radical (unpaired) electrons. The van der Waals surface area contributed by atoms with E-state index in [0.29, 0.717) is 5.41 Å². The van der Waals surface area contributed by atoms with Crippen LogP contribution in [0.25, 0.3) is 0 Å². The molecule has 1 rings (SSSR count). The second-order valence-electron chi connectivity index (χ2n) is 6.46. The van der Waals surface area contributed by atoms with E-state index in [0.717, 1.165) is 12.3 Å². The summed E-state index contributed by atoms with van der Waals surface area (Å²) >= 11 is 0.